The van der Waals surface area contributed by atoms with Gasteiger partial charge in [0.2, 0.25) is 10.0 Å². The predicted octanol–water partition coefficient (Wildman–Crippen LogP) is 4.96. The number of nitrogens with zero attached hydrogens (tertiary/aromatic N) is 2. The number of rotatable bonds is 10. The number of hydrogen-bond donors (Lipinski definition) is 1. The number of aromatic amines is 1. The number of sulfonamides is 1. The van der Waals surface area contributed by atoms with E-state index in [-0.39, 0.29) is 12.5 Å². The molecule has 1 aromatic heterocycles. The highest BCUT2D eigenvalue weighted by atomic mass is 32.2. The summed E-state index contributed by atoms with van der Waals surface area (Å²) in [6.45, 7) is 7.14. The third-order valence-electron chi connectivity index (χ3n) is 5.21. The van der Waals surface area contributed by atoms with Crippen LogP contribution in [0.1, 0.15) is 32.9 Å². The smallest absolute Gasteiger partial charge is 0.243 e. The average molecular weight is 442 g/mol. The van der Waals surface area contributed by atoms with Crippen molar-refractivity contribution in [1.82, 2.24) is 14.3 Å². The van der Waals surface area contributed by atoms with Gasteiger partial charge in [0, 0.05) is 18.4 Å². The Hall–Kier alpha value is -2.64. The maximum atomic E-state index is 13.5. The van der Waals surface area contributed by atoms with Crippen molar-refractivity contribution in [2.24, 2.45) is 11.8 Å². The minimum atomic E-state index is -3.65. The van der Waals surface area contributed by atoms with Crippen molar-refractivity contribution in [3.63, 3.8) is 0 Å². The molecule has 2 aromatic carbocycles. The summed E-state index contributed by atoms with van der Waals surface area (Å²) in [5, 5.41) is 0. The summed E-state index contributed by atoms with van der Waals surface area (Å²) in [5.74, 6) is 1.54. The molecule has 0 saturated heterocycles. The Morgan fingerprint density at radius 2 is 1.61 bits per heavy atom. The van der Waals surface area contributed by atoms with E-state index in [1.165, 1.54) is 0 Å². The van der Waals surface area contributed by atoms with Gasteiger partial charge in [-0.2, -0.15) is 4.31 Å². The van der Waals surface area contributed by atoms with Crippen LogP contribution in [0.2, 0.25) is 0 Å². The molecule has 1 heterocycles. The molecule has 166 valence electrons. The average Bonchev–Trinajstić information content (AvgIpc) is 3.26. The van der Waals surface area contributed by atoms with Crippen LogP contribution in [-0.2, 0) is 16.6 Å². The number of hydrogen-bond acceptors (Lipinski definition) is 4. The summed E-state index contributed by atoms with van der Waals surface area (Å²) in [6, 6.07) is 14.8. The molecule has 0 aliphatic rings. The fraction of sp³-hybridized carbons (Fsp3) is 0.375. The molecule has 1 atom stereocenters. The van der Waals surface area contributed by atoms with E-state index in [1.54, 1.807) is 36.1 Å². The Labute approximate surface area is 185 Å². The zero-order valence-corrected chi connectivity index (χ0v) is 19.4. The van der Waals surface area contributed by atoms with E-state index in [4.69, 9.17) is 4.74 Å². The highest BCUT2D eigenvalue weighted by Crippen LogP contribution is 2.26. The van der Waals surface area contributed by atoms with Gasteiger partial charge in [0.25, 0.3) is 0 Å². The molecule has 1 unspecified atom stereocenters. The van der Waals surface area contributed by atoms with Gasteiger partial charge in [-0.3, -0.25) is 0 Å². The fourth-order valence-electron chi connectivity index (χ4n) is 3.79. The van der Waals surface area contributed by atoms with E-state index in [1.807, 2.05) is 36.4 Å². The first-order chi connectivity index (χ1) is 14.8. The van der Waals surface area contributed by atoms with Crippen LogP contribution in [0, 0.1) is 11.8 Å². The Kier molecular flexibility index (Phi) is 7.51. The largest absolute Gasteiger partial charge is 0.497 e. The topological polar surface area (TPSA) is 75.3 Å². The highest BCUT2D eigenvalue weighted by Gasteiger charge is 2.27. The van der Waals surface area contributed by atoms with E-state index >= 15 is 0 Å². The molecule has 0 amide bonds. The van der Waals surface area contributed by atoms with E-state index in [2.05, 4.69) is 30.7 Å². The normalized spacial score (nSPS) is 13.0. The number of imidazole rings is 1. The van der Waals surface area contributed by atoms with Crippen LogP contribution >= 0.6 is 0 Å². The van der Waals surface area contributed by atoms with Crippen LogP contribution in [0.3, 0.4) is 0 Å². The van der Waals surface area contributed by atoms with Crippen molar-refractivity contribution in [1.29, 1.82) is 0 Å². The Balaban J connectivity index is 1.85. The van der Waals surface area contributed by atoms with Crippen molar-refractivity contribution in [3.8, 4) is 16.9 Å². The first-order valence-electron chi connectivity index (χ1n) is 10.5. The molecule has 0 aliphatic carbocycles. The first-order valence-corrected chi connectivity index (χ1v) is 12.0. The van der Waals surface area contributed by atoms with Crippen LogP contribution < -0.4 is 4.74 Å². The summed E-state index contributed by atoms with van der Waals surface area (Å²) in [6.07, 6.45) is 4.20. The van der Waals surface area contributed by atoms with E-state index in [0.717, 1.165) is 29.0 Å². The predicted molar refractivity (Wildman–Crippen MR) is 123 cm³/mol. The second kappa shape index (κ2) is 10.1. The number of methoxy groups -OCH3 is 1. The molecule has 0 radical (unpaired) electrons. The van der Waals surface area contributed by atoms with Crippen molar-refractivity contribution < 1.29 is 13.2 Å². The summed E-state index contributed by atoms with van der Waals surface area (Å²) >= 11 is 0. The second-order valence-electron chi connectivity index (χ2n) is 8.36. The summed E-state index contributed by atoms with van der Waals surface area (Å²) in [5.41, 5.74) is 2.73. The van der Waals surface area contributed by atoms with Gasteiger partial charge in [-0.1, -0.05) is 45.0 Å². The van der Waals surface area contributed by atoms with Crippen molar-refractivity contribution in [2.45, 2.75) is 38.6 Å². The molecule has 3 aromatic rings. The minimum Gasteiger partial charge on any atom is -0.497 e. The lowest BCUT2D eigenvalue weighted by Crippen LogP contribution is -2.34. The second-order valence-corrected chi connectivity index (χ2v) is 10.3. The molecular weight excluding hydrogens is 410 g/mol. The monoisotopic (exact) mass is 441 g/mol. The number of ether oxygens (including phenoxy) is 1. The van der Waals surface area contributed by atoms with E-state index in [9.17, 15) is 8.42 Å². The van der Waals surface area contributed by atoms with Crippen LogP contribution in [0.5, 0.6) is 5.75 Å². The third kappa shape index (κ3) is 5.95. The van der Waals surface area contributed by atoms with Gasteiger partial charge in [0.15, 0.2) is 0 Å². The molecular formula is C24H31N3O3S. The minimum absolute atomic E-state index is 0.247. The molecule has 3 rings (SSSR count). The molecule has 31 heavy (non-hydrogen) atoms. The lowest BCUT2D eigenvalue weighted by Gasteiger charge is -2.26. The SMILES string of the molecule is COc1ccc(-c2ccc(S(=O)(=O)N(Cc3cnc[nH]3)CC(C)CC(C)C)cc2)cc1. The Morgan fingerprint density at radius 1 is 1.00 bits per heavy atom. The van der Waals surface area contributed by atoms with E-state index < -0.39 is 10.0 Å². The van der Waals surface area contributed by atoms with Gasteiger partial charge in [-0.25, -0.2) is 13.4 Å². The molecule has 6 nitrogen and oxygen atoms in total. The zero-order chi connectivity index (χ0) is 22.4. The van der Waals surface area contributed by atoms with Gasteiger partial charge >= 0.3 is 0 Å². The zero-order valence-electron chi connectivity index (χ0n) is 18.6. The van der Waals surface area contributed by atoms with Crippen LogP contribution in [-0.4, -0.2) is 36.3 Å². The van der Waals surface area contributed by atoms with Gasteiger partial charge in [-0.05, 0) is 53.6 Å². The van der Waals surface area contributed by atoms with Crippen molar-refractivity contribution >= 4 is 10.0 Å². The number of nitrogens with one attached hydrogen (secondary N) is 1. The Morgan fingerprint density at radius 3 is 2.13 bits per heavy atom. The third-order valence-corrected chi connectivity index (χ3v) is 7.03. The maximum Gasteiger partial charge on any atom is 0.243 e. The summed E-state index contributed by atoms with van der Waals surface area (Å²) in [7, 11) is -2.02. The van der Waals surface area contributed by atoms with Gasteiger partial charge in [0.1, 0.15) is 5.75 Å². The van der Waals surface area contributed by atoms with Gasteiger partial charge in [-0.15, -0.1) is 0 Å². The van der Waals surface area contributed by atoms with Crippen LogP contribution in [0.15, 0.2) is 66.0 Å². The molecule has 0 bridgehead atoms. The maximum absolute atomic E-state index is 13.5. The first kappa shape index (κ1) is 23.0. The molecule has 0 aliphatic heterocycles. The number of aromatic nitrogens is 2. The van der Waals surface area contributed by atoms with Crippen LogP contribution in [0.25, 0.3) is 11.1 Å². The molecule has 7 heteroatoms. The van der Waals surface area contributed by atoms with Crippen molar-refractivity contribution in [2.75, 3.05) is 13.7 Å². The summed E-state index contributed by atoms with van der Waals surface area (Å²) in [4.78, 5) is 7.34. The van der Waals surface area contributed by atoms with Gasteiger partial charge in [0.05, 0.1) is 24.9 Å². The standard InChI is InChI=1S/C24H31N3O3S/c1-18(2)13-19(3)15-27(16-22-14-25-17-26-22)31(28,29)24-11-7-21(8-12-24)20-5-9-23(30-4)10-6-20/h5-12,14,17-19H,13,15-16H2,1-4H3,(H,25,26). The van der Waals surface area contributed by atoms with Gasteiger partial charge < -0.3 is 9.72 Å². The highest BCUT2D eigenvalue weighted by molar-refractivity contribution is 7.89. The lowest BCUT2D eigenvalue weighted by atomic mass is 9.99. The number of benzene rings is 2. The fourth-order valence-corrected chi connectivity index (χ4v) is 5.33. The number of H-pyrrole nitrogens is 1. The molecule has 1 N–H and O–H groups in total. The Bertz CT molecular complexity index is 1040. The quantitative estimate of drug-likeness (QED) is 0.483. The van der Waals surface area contributed by atoms with E-state index in [0.29, 0.717) is 17.4 Å². The van der Waals surface area contributed by atoms with Crippen LogP contribution in [0.4, 0.5) is 0 Å². The molecule has 0 saturated carbocycles. The van der Waals surface area contributed by atoms with Crippen molar-refractivity contribution in [3.05, 3.63) is 66.7 Å². The lowest BCUT2D eigenvalue weighted by molar-refractivity contribution is 0.315. The molecule has 0 spiro atoms. The summed E-state index contributed by atoms with van der Waals surface area (Å²) < 4.78 is 33.7. The molecule has 0 fully saturated rings.